The van der Waals surface area contributed by atoms with Crippen molar-refractivity contribution in [3.05, 3.63) is 0 Å². The Morgan fingerprint density at radius 3 is 2.21 bits per heavy atom. The second-order valence-corrected chi connectivity index (χ2v) is 7.60. The van der Waals surface area contributed by atoms with E-state index in [0.717, 1.165) is 44.6 Å². The molecule has 140 valence electrons. The number of piperazine rings is 4. The van der Waals surface area contributed by atoms with E-state index in [2.05, 4.69) is 43.8 Å². The third-order valence-corrected chi connectivity index (χ3v) is 5.40. The van der Waals surface area contributed by atoms with Crippen LogP contribution >= 0.6 is 24.0 Å². The van der Waals surface area contributed by atoms with Gasteiger partial charge in [-0.1, -0.05) is 13.8 Å². The summed E-state index contributed by atoms with van der Waals surface area (Å²) >= 11 is 0. The van der Waals surface area contributed by atoms with Crippen molar-refractivity contribution in [3.8, 4) is 0 Å². The van der Waals surface area contributed by atoms with Crippen LogP contribution in [0.15, 0.2) is 4.99 Å². The molecule has 1 unspecified atom stereocenters. The van der Waals surface area contributed by atoms with Gasteiger partial charge in [-0.3, -0.25) is 19.7 Å². The molecule has 6 nitrogen and oxygen atoms in total. The molecule has 2 bridgehead atoms. The van der Waals surface area contributed by atoms with E-state index in [-0.39, 0.29) is 24.0 Å². The summed E-state index contributed by atoms with van der Waals surface area (Å²) in [5, 5.41) is 3.64. The van der Waals surface area contributed by atoms with E-state index in [1.807, 2.05) is 7.05 Å². The van der Waals surface area contributed by atoms with E-state index >= 15 is 0 Å². The maximum atomic E-state index is 4.52. The lowest BCUT2D eigenvalue weighted by atomic mass is 10.1. The van der Waals surface area contributed by atoms with Crippen molar-refractivity contribution in [2.24, 2.45) is 10.9 Å². The predicted octanol–water partition coefficient (Wildman–Crippen LogP) is 0.453. The van der Waals surface area contributed by atoms with Crippen LogP contribution in [0.4, 0.5) is 0 Å². The van der Waals surface area contributed by atoms with Gasteiger partial charge < -0.3 is 10.2 Å². The summed E-state index contributed by atoms with van der Waals surface area (Å²) in [4.78, 5) is 14.8. The molecule has 4 fully saturated rings. The molecule has 0 amide bonds. The summed E-state index contributed by atoms with van der Waals surface area (Å²) in [5.41, 5.74) is 0. The molecule has 4 aliphatic heterocycles. The summed E-state index contributed by atoms with van der Waals surface area (Å²) in [6.07, 6.45) is 0. The van der Waals surface area contributed by atoms with Crippen LogP contribution in [0.3, 0.4) is 0 Å². The molecular formula is C17H35IN6. The van der Waals surface area contributed by atoms with Gasteiger partial charge in [0.1, 0.15) is 0 Å². The summed E-state index contributed by atoms with van der Waals surface area (Å²) in [6, 6.07) is 0.650. The van der Waals surface area contributed by atoms with Crippen LogP contribution < -0.4 is 5.32 Å². The standard InChI is InChI=1S/C17H34N6.HI/c1-15(2)13-20-6-10-23(11-7-20)17(18-3)19-12-16-14-21-4-8-22(16)9-5-21;/h15-16H,4-14H2,1-3H3,(H,18,19);1H. The number of rotatable bonds is 4. The number of fused-ring (bicyclic) bond motifs is 3. The zero-order chi connectivity index (χ0) is 16.2. The third-order valence-electron chi connectivity index (χ3n) is 5.40. The molecule has 0 aromatic heterocycles. The Morgan fingerprint density at radius 1 is 1.04 bits per heavy atom. The normalized spacial score (nSPS) is 31.2. The van der Waals surface area contributed by atoms with Crippen LogP contribution in [-0.2, 0) is 0 Å². The van der Waals surface area contributed by atoms with Gasteiger partial charge >= 0.3 is 0 Å². The molecule has 0 spiro atoms. The fourth-order valence-corrected chi connectivity index (χ4v) is 4.12. The maximum Gasteiger partial charge on any atom is 0.193 e. The summed E-state index contributed by atoms with van der Waals surface area (Å²) in [7, 11) is 1.92. The van der Waals surface area contributed by atoms with Gasteiger partial charge in [-0.15, -0.1) is 24.0 Å². The number of nitrogens with one attached hydrogen (secondary N) is 1. The summed E-state index contributed by atoms with van der Waals surface area (Å²) < 4.78 is 0. The van der Waals surface area contributed by atoms with Gasteiger partial charge in [0.2, 0.25) is 0 Å². The van der Waals surface area contributed by atoms with Crippen molar-refractivity contribution >= 4 is 29.9 Å². The Kier molecular flexibility index (Phi) is 8.03. The van der Waals surface area contributed by atoms with E-state index in [1.54, 1.807) is 0 Å². The van der Waals surface area contributed by atoms with Gasteiger partial charge in [-0.2, -0.15) is 0 Å². The lowest BCUT2D eigenvalue weighted by Crippen LogP contribution is -2.64. The van der Waals surface area contributed by atoms with Crippen LogP contribution in [0.1, 0.15) is 13.8 Å². The van der Waals surface area contributed by atoms with Gasteiger partial charge in [0, 0.05) is 85.1 Å². The number of halogens is 1. The molecule has 24 heavy (non-hydrogen) atoms. The molecule has 4 saturated heterocycles. The molecule has 4 aliphatic rings. The minimum absolute atomic E-state index is 0. The highest BCUT2D eigenvalue weighted by atomic mass is 127. The number of hydrogen-bond donors (Lipinski definition) is 1. The average molecular weight is 450 g/mol. The third kappa shape index (κ3) is 5.19. The summed E-state index contributed by atoms with van der Waals surface area (Å²) in [5.74, 6) is 1.84. The lowest BCUT2D eigenvalue weighted by molar-refractivity contribution is 0.0151. The van der Waals surface area contributed by atoms with Gasteiger partial charge in [0.25, 0.3) is 0 Å². The Balaban J connectivity index is 0.00000208. The first-order valence-electron chi connectivity index (χ1n) is 9.30. The monoisotopic (exact) mass is 450 g/mol. The van der Waals surface area contributed by atoms with Gasteiger partial charge in [-0.25, -0.2) is 0 Å². The zero-order valence-electron chi connectivity index (χ0n) is 15.6. The highest BCUT2D eigenvalue weighted by Crippen LogP contribution is 2.15. The second kappa shape index (κ2) is 9.54. The van der Waals surface area contributed by atoms with E-state index in [9.17, 15) is 0 Å². The van der Waals surface area contributed by atoms with Crippen molar-refractivity contribution in [3.63, 3.8) is 0 Å². The second-order valence-electron chi connectivity index (χ2n) is 7.60. The first-order chi connectivity index (χ1) is 11.2. The molecule has 0 aromatic rings. The van der Waals surface area contributed by atoms with E-state index in [0.29, 0.717) is 6.04 Å². The van der Waals surface area contributed by atoms with Gasteiger partial charge in [0.15, 0.2) is 5.96 Å². The highest BCUT2D eigenvalue weighted by molar-refractivity contribution is 14.0. The van der Waals surface area contributed by atoms with E-state index < -0.39 is 0 Å². The van der Waals surface area contributed by atoms with Gasteiger partial charge in [0.05, 0.1) is 0 Å². The molecule has 4 heterocycles. The Morgan fingerprint density at radius 2 is 1.71 bits per heavy atom. The van der Waals surface area contributed by atoms with Crippen LogP contribution in [0, 0.1) is 5.92 Å². The average Bonchev–Trinajstić information content (AvgIpc) is 2.57. The van der Waals surface area contributed by atoms with E-state index in [1.165, 1.54) is 39.3 Å². The van der Waals surface area contributed by atoms with Gasteiger partial charge in [-0.05, 0) is 5.92 Å². The quantitative estimate of drug-likeness (QED) is 0.383. The molecule has 0 aliphatic carbocycles. The molecule has 0 radical (unpaired) electrons. The highest BCUT2D eigenvalue weighted by Gasteiger charge is 2.32. The van der Waals surface area contributed by atoms with Crippen molar-refractivity contribution in [2.45, 2.75) is 19.9 Å². The molecular weight excluding hydrogens is 415 g/mol. The molecule has 1 atom stereocenters. The zero-order valence-corrected chi connectivity index (χ0v) is 17.9. The van der Waals surface area contributed by atoms with Crippen molar-refractivity contribution in [1.29, 1.82) is 0 Å². The largest absolute Gasteiger partial charge is 0.355 e. The van der Waals surface area contributed by atoms with Crippen LogP contribution in [0.5, 0.6) is 0 Å². The minimum Gasteiger partial charge on any atom is -0.355 e. The van der Waals surface area contributed by atoms with Crippen LogP contribution in [0.2, 0.25) is 0 Å². The first-order valence-corrected chi connectivity index (χ1v) is 9.30. The predicted molar refractivity (Wildman–Crippen MR) is 111 cm³/mol. The van der Waals surface area contributed by atoms with Crippen molar-refractivity contribution < 1.29 is 0 Å². The Hall–Kier alpha value is -0.120. The SMILES string of the molecule is CN=C(NCC1CN2CCN1CC2)N1CCN(CC(C)C)CC1.I. The number of guanidine groups is 1. The van der Waals surface area contributed by atoms with Crippen LogP contribution in [0.25, 0.3) is 0 Å². The van der Waals surface area contributed by atoms with Crippen molar-refractivity contribution in [2.75, 3.05) is 79.0 Å². The lowest BCUT2D eigenvalue weighted by Gasteiger charge is -2.47. The molecule has 7 heteroatoms. The molecule has 0 aromatic carbocycles. The first kappa shape index (κ1) is 20.2. The molecule has 4 rings (SSSR count). The summed E-state index contributed by atoms with van der Waals surface area (Å²) in [6.45, 7) is 17.5. The van der Waals surface area contributed by atoms with Crippen molar-refractivity contribution in [1.82, 2.24) is 24.9 Å². The number of hydrogen-bond acceptors (Lipinski definition) is 4. The fraction of sp³-hybridized carbons (Fsp3) is 0.941. The fourth-order valence-electron chi connectivity index (χ4n) is 4.12. The Labute approximate surface area is 164 Å². The minimum atomic E-state index is 0. The molecule has 0 saturated carbocycles. The van der Waals surface area contributed by atoms with Crippen LogP contribution in [-0.4, -0.2) is 111 Å². The molecule has 1 N–H and O–H groups in total. The smallest absolute Gasteiger partial charge is 0.193 e. The Bertz CT molecular complexity index is 400. The topological polar surface area (TPSA) is 37.4 Å². The number of nitrogens with zero attached hydrogens (tertiary/aromatic N) is 5. The maximum absolute atomic E-state index is 4.52. The number of aliphatic imine (C=N–C) groups is 1. The van der Waals surface area contributed by atoms with E-state index in [4.69, 9.17) is 0 Å².